The Kier molecular flexibility index (Phi) is 4.23. The van der Waals surface area contributed by atoms with Crippen LogP contribution >= 0.6 is 11.6 Å². The summed E-state index contributed by atoms with van der Waals surface area (Å²) in [6, 6.07) is 23.5. The Balaban J connectivity index is 1.88. The average Bonchev–Trinajstić information content (AvgIpc) is 2.54. The molecule has 0 aromatic heterocycles. The van der Waals surface area contributed by atoms with Crippen molar-refractivity contribution in [3.63, 3.8) is 0 Å². The highest BCUT2D eigenvalue weighted by molar-refractivity contribution is 6.30. The van der Waals surface area contributed by atoms with E-state index in [0.29, 0.717) is 6.04 Å². The molecule has 106 valence electrons. The van der Waals surface area contributed by atoms with Crippen LogP contribution in [0, 0.1) is 0 Å². The summed E-state index contributed by atoms with van der Waals surface area (Å²) in [5.74, 6) is 0. The highest BCUT2D eigenvalue weighted by atomic mass is 35.5. The van der Waals surface area contributed by atoms with Crippen LogP contribution in [0.1, 0.15) is 17.2 Å². The zero-order chi connectivity index (χ0) is 14.7. The fourth-order valence-electron chi connectivity index (χ4n) is 2.67. The third-order valence-corrected chi connectivity index (χ3v) is 4.13. The molecule has 0 fully saturated rings. The quantitative estimate of drug-likeness (QED) is 0.714. The zero-order valence-corrected chi connectivity index (χ0v) is 12.8. The third kappa shape index (κ3) is 3.26. The van der Waals surface area contributed by atoms with Gasteiger partial charge in [0, 0.05) is 11.1 Å². The first-order valence-electron chi connectivity index (χ1n) is 7.16. The summed E-state index contributed by atoms with van der Waals surface area (Å²) in [6.07, 6.45) is 0.950. The normalized spacial score (nSPS) is 12.5. The second-order valence-electron chi connectivity index (χ2n) is 5.28. The molecule has 21 heavy (non-hydrogen) atoms. The van der Waals surface area contributed by atoms with Crippen molar-refractivity contribution >= 4 is 22.4 Å². The third-order valence-electron chi connectivity index (χ3n) is 3.88. The molecule has 3 rings (SSSR count). The van der Waals surface area contributed by atoms with Crippen molar-refractivity contribution in [2.45, 2.75) is 12.5 Å². The lowest BCUT2D eigenvalue weighted by atomic mass is 9.96. The van der Waals surface area contributed by atoms with Gasteiger partial charge in [-0.15, -0.1) is 0 Å². The first kappa shape index (κ1) is 14.1. The maximum atomic E-state index is 5.95. The summed E-state index contributed by atoms with van der Waals surface area (Å²) < 4.78 is 0. The van der Waals surface area contributed by atoms with Crippen LogP contribution in [0.2, 0.25) is 5.02 Å². The summed E-state index contributed by atoms with van der Waals surface area (Å²) in [6.45, 7) is 0. The van der Waals surface area contributed by atoms with Gasteiger partial charge in [0.15, 0.2) is 0 Å². The molecule has 1 atom stereocenters. The fraction of sp³-hybridized carbons (Fsp3) is 0.158. The van der Waals surface area contributed by atoms with Gasteiger partial charge in [0.25, 0.3) is 0 Å². The molecule has 3 aromatic rings. The Bertz CT molecular complexity index is 734. The van der Waals surface area contributed by atoms with E-state index in [2.05, 4.69) is 59.9 Å². The lowest BCUT2D eigenvalue weighted by Crippen LogP contribution is -2.18. The van der Waals surface area contributed by atoms with Crippen LogP contribution < -0.4 is 5.32 Å². The van der Waals surface area contributed by atoms with Gasteiger partial charge in [-0.25, -0.2) is 0 Å². The van der Waals surface area contributed by atoms with Gasteiger partial charge < -0.3 is 5.32 Å². The fourth-order valence-corrected chi connectivity index (χ4v) is 2.79. The minimum atomic E-state index is 0.302. The molecule has 2 heteroatoms. The molecule has 0 aliphatic carbocycles. The monoisotopic (exact) mass is 295 g/mol. The molecule has 0 spiro atoms. The zero-order valence-electron chi connectivity index (χ0n) is 12.0. The Morgan fingerprint density at radius 3 is 2.33 bits per heavy atom. The van der Waals surface area contributed by atoms with Crippen molar-refractivity contribution in [2.24, 2.45) is 0 Å². The number of likely N-dealkylation sites (N-methyl/N-ethyl adjacent to an activating group) is 1. The summed E-state index contributed by atoms with van der Waals surface area (Å²) in [5, 5.41) is 6.76. The van der Waals surface area contributed by atoms with Crippen LogP contribution in [0.4, 0.5) is 0 Å². The van der Waals surface area contributed by atoms with Crippen molar-refractivity contribution < 1.29 is 0 Å². The van der Waals surface area contributed by atoms with E-state index in [-0.39, 0.29) is 0 Å². The summed E-state index contributed by atoms with van der Waals surface area (Å²) in [7, 11) is 2.01. The number of nitrogens with one attached hydrogen (secondary N) is 1. The molecule has 1 unspecified atom stereocenters. The molecule has 0 amide bonds. The van der Waals surface area contributed by atoms with Gasteiger partial charge in [-0.1, -0.05) is 60.1 Å². The molecule has 1 nitrogen and oxygen atoms in total. The van der Waals surface area contributed by atoms with E-state index in [4.69, 9.17) is 11.6 Å². The lowest BCUT2D eigenvalue weighted by molar-refractivity contribution is 0.593. The minimum absolute atomic E-state index is 0.302. The van der Waals surface area contributed by atoms with Crippen LogP contribution in [0.5, 0.6) is 0 Å². The maximum Gasteiger partial charge on any atom is 0.0406 e. The molecule has 0 heterocycles. The van der Waals surface area contributed by atoms with Gasteiger partial charge in [-0.2, -0.15) is 0 Å². The van der Waals surface area contributed by atoms with Crippen molar-refractivity contribution in [2.75, 3.05) is 7.05 Å². The van der Waals surface area contributed by atoms with Gasteiger partial charge in [0.1, 0.15) is 0 Å². The Hall–Kier alpha value is -1.83. The second kappa shape index (κ2) is 6.30. The van der Waals surface area contributed by atoms with Crippen LogP contribution in [0.25, 0.3) is 10.8 Å². The van der Waals surface area contributed by atoms with Gasteiger partial charge in [0.2, 0.25) is 0 Å². The molecule has 0 aliphatic heterocycles. The Labute approximate surface area is 130 Å². The number of hydrogen-bond acceptors (Lipinski definition) is 1. The van der Waals surface area contributed by atoms with Gasteiger partial charge in [-0.3, -0.25) is 0 Å². The first-order valence-corrected chi connectivity index (χ1v) is 7.54. The predicted octanol–water partition coefficient (Wildman–Crippen LogP) is 5.00. The molecule has 3 aromatic carbocycles. The van der Waals surface area contributed by atoms with Crippen molar-refractivity contribution in [1.29, 1.82) is 0 Å². The van der Waals surface area contributed by atoms with Gasteiger partial charge in [-0.05, 0) is 53.6 Å². The smallest absolute Gasteiger partial charge is 0.0406 e. The van der Waals surface area contributed by atoms with Crippen LogP contribution in [-0.2, 0) is 6.42 Å². The second-order valence-corrected chi connectivity index (χ2v) is 5.71. The van der Waals surface area contributed by atoms with Crippen LogP contribution in [0.15, 0.2) is 66.7 Å². The van der Waals surface area contributed by atoms with E-state index in [1.165, 1.54) is 21.9 Å². The molecule has 0 saturated carbocycles. The van der Waals surface area contributed by atoms with E-state index in [1.807, 2.05) is 19.2 Å². The Morgan fingerprint density at radius 1 is 0.905 bits per heavy atom. The topological polar surface area (TPSA) is 12.0 Å². The number of rotatable bonds is 4. The molecule has 1 N–H and O–H groups in total. The van der Waals surface area contributed by atoms with Crippen LogP contribution in [-0.4, -0.2) is 7.05 Å². The predicted molar refractivity (Wildman–Crippen MR) is 90.9 cm³/mol. The van der Waals surface area contributed by atoms with Crippen LogP contribution in [0.3, 0.4) is 0 Å². The first-order chi connectivity index (χ1) is 10.3. The number of benzene rings is 3. The summed E-state index contributed by atoms with van der Waals surface area (Å²) >= 11 is 5.95. The maximum absolute atomic E-state index is 5.95. The summed E-state index contributed by atoms with van der Waals surface area (Å²) in [4.78, 5) is 0. The Morgan fingerprint density at radius 2 is 1.62 bits per heavy atom. The highest BCUT2D eigenvalue weighted by Crippen LogP contribution is 2.23. The molecule has 0 radical (unpaired) electrons. The minimum Gasteiger partial charge on any atom is -0.313 e. The number of halogens is 1. The summed E-state index contributed by atoms with van der Waals surface area (Å²) in [5.41, 5.74) is 2.60. The molecular formula is C19H18ClN. The van der Waals surface area contributed by atoms with E-state index in [0.717, 1.165) is 11.4 Å². The molecule has 0 bridgehead atoms. The SMILES string of the molecule is CNC(Cc1ccc(Cl)cc1)c1ccc2ccccc2c1. The number of hydrogen-bond donors (Lipinski definition) is 1. The number of fused-ring (bicyclic) bond motifs is 1. The average molecular weight is 296 g/mol. The molecule has 0 aliphatic rings. The lowest BCUT2D eigenvalue weighted by Gasteiger charge is -2.17. The van der Waals surface area contributed by atoms with Gasteiger partial charge in [0.05, 0.1) is 0 Å². The van der Waals surface area contributed by atoms with Gasteiger partial charge >= 0.3 is 0 Å². The van der Waals surface area contributed by atoms with Crippen molar-refractivity contribution in [3.05, 3.63) is 82.9 Å². The largest absolute Gasteiger partial charge is 0.313 e. The van der Waals surface area contributed by atoms with Crippen molar-refractivity contribution in [3.8, 4) is 0 Å². The van der Waals surface area contributed by atoms with Crippen molar-refractivity contribution in [1.82, 2.24) is 5.32 Å². The van der Waals surface area contributed by atoms with E-state index in [1.54, 1.807) is 0 Å². The molecular weight excluding hydrogens is 278 g/mol. The van der Waals surface area contributed by atoms with E-state index < -0.39 is 0 Å². The van der Waals surface area contributed by atoms with E-state index in [9.17, 15) is 0 Å². The molecule has 0 saturated heterocycles. The van der Waals surface area contributed by atoms with E-state index >= 15 is 0 Å². The highest BCUT2D eigenvalue weighted by Gasteiger charge is 2.10. The standard InChI is InChI=1S/C19H18ClN/c1-21-19(12-14-6-10-18(20)11-7-14)17-9-8-15-4-2-3-5-16(15)13-17/h2-11,13,19,21H,12H2,1H3.